The van der Waals surface area contributed by atoms with Crippen molar-refractivity contribution < 1.29 is 4.79 Å². The second kappa shape index (κ2) is 5.33. The molecule has 0 unspecified atom stereocenters. The molecule has 0 saturated heterocycles. The summed E-state index contributed by atoms with van der Waals surface area (Å²) in [4.78, 5) is 20.4. The molecule has 1 amide bonds. The van der Waals surface area contributed by atoms with Gasteiger partial charge in [-0.15, -0.1) is 0 Å². The summed E-state index contributed by atoms with van der Waals surface area (Å²) in [6.07, 6.45) is 5.67. The van der Waals surface area contributed by atoms with E-state index in [9.17, 15) is 4.79 Å². The summed E-state index contributed by atoms with van der Waals surface area (Å²) in [5.74, 6) is 0.343. The Balaban J connectivity index is 1.80. The number of rotatable bonds is 3. The first-order chi connectivity index (χ1) is 10.2. The number of nitriles is 1. The molecule has 0 aromatic carbocycles. The minimum atomic E-state index is -0.246. The molecule has 2 heterocycles. The number of anilines is 1. The molecule has 0 radical (unpaired) electrons. The molecule has 0 atom stereocenters. The van der Waals surface area contributed by atoms with Gasteiger partial charge in [0, 0.05) is 12.4 Å². The van der Waals surface area contributed by atoms with Crippen LogP contribution in [-0.4, -0.2) is 15.9 Å². The topological polar surface area (TPSA) is 78.7 Å². The first-order valence-electron chi connectivity index (χ1n) is 6.81. The van der Waals surface area contributed by atoms with Crippen molar-refractivity contribution in [1.82, 2.24) is 9.97 Å². The lowest BCUT2D eigenvalue weighted by molar-refractivity contribution is 0.102. The largest absolute Gasteiger partial charge is 0.320 e. The second-order valence-corrected chi connectivity index (χ2v) is 5.17. The van der Waals surface area contributed by atoms with Gasteiger partial charge in [0.1, 0.15) is 11.8 Å². The Hall–Kier alpha value is -2.74. The number of carbonyl (C=O) groups excluding carboxylic acids is 1. The number of amides is 1. The summed E-state index contributed by atoms with van der Waals surface area (Å²) in [5, 5.41) is 11.6. The van der Waals surface area contributed by atoms with Crippen LogP contribution in [0, 0.1) is 18.3 Å². The summed E-state index contributed by atoms with van der Waals surface area (Å²) in [7, 11) is 0. The Morgan fingerprint density at radius 1 is 1.33 bits per heavy atom. The zero-order chi connectivity index (χ0) is 14.8. The number of pyridine rings is 2. The molecule has 3 rings (SSSR count). The van der Waals surface area contributed by atoms with Gasteiger partial charge >= 0.3 is 0 Å². The normalized spacial score (nSPS) is 13.5. The maximum absolute atomic E-state index is 12.2. The molecule has 1 fully saturated rings. The monoisotopic (exact) mass is 278 g/mol. The summed E-state index contributed by atoms with van der Waals surface area (Å²) < 4.78 is 0. The Morgan fingerprint density at radius 2 is 2.14 bits per heavy atom. The number of hydrogen-bond donors (Lipinski definition) is 1. The van der Waals surface area contributed by atoms with Crippen molar-refractivity contribution in [2.75, 3.05) is 5.32 Å². The molecule has 5 heteroatoms. The summed E-state index contributed by atoms with van der Waals surface area (Å²) in [6.45, 7) is 1.86. The fourth-order valence-corrected chi connectivity index (χ4v) is 2.10. The SMILES string of the molecule is Cc1ncc(C2CC2)cc1NC(=O)c1ccc(C#N)nc1. The van der Waals surface area contributed by atoms with Gasteiger partial charge in [-0.05, 0) is 49.4 Å². The molecule has 1 aliphatic rings. The molecule has 2 aromatic heterocycles. The van der Waals surface area contributed by atoms with Crippen molar-refractivity contribution in [1.29, 1.82) is 5.26 Å². The van der Waals surface area contributed by atoms with Gasteiger partial charge in [-0.1, -0.05) is 0 Å². The van der Waals surface area contributed by atoms with Gasteiger partial charge in [0.15, 0.2) is 0 Å². The van der Waals surface area contributed by atoms with Gasteiger partial charge in [-0.25, -0.2) is 4.98 Å². The van der Waals surface area contributed by atoms with Crippen LogP contribution >= 0.6 is 0 Å². The predicted octanol–water partition coefficient (Wildman–Crippen LogP) is 2.79. The van der Waals surface area contributed by atoms with Gasteiger partial charge in [0.25, 0.3) is 5.91 Å². The van der Waals surface area contributed by atoms with Gasteiger partial charge in [-0.2, -0.15) is 5.26 Å². The zero-order valence-corrected chi connectivity index (χ0v) is 11.6. The summed E-state index contributed by atoms with van der Waals surface area (Å²) >= 11 is 0. The van der Waals surface area contributed by atoms with Gasteiger partial charge in [0.2, 0.25) is 0 Å². The highest BCUT2D eigenvalue weighted by atomic mass is 16.1. The van der Waals surface area contributed by atoms with E-state index in [2.05, 4.69) is 15.3 Å². The molecule has 2 aromatic rings. The molecule has 104 valence electrons. The van der Waals surface area contributed by atoms with Gasteiger partial charge in [0.05, 0.1) is 16.9 Å². The van der Waals surface area contributed by atoms with Gasteiger partial charge < -0.3 is 5.32 Å². The van der Waals surface area contributed by atoms with E-state index in [1.165, 1.54) is 30.7 Å². The van der Waals surface area contributed by atoms with E-state index in [1.807, 2.05) is 25.3 Å². The first-order valence-corrected chi connectivity index (χ1v) is 6.81. The van der Waals surface area contributed by atoms with Crippen molar-refractivity contribution in [3.63, 3.8) is 0 Å². The van der Waals surface area contributed by atoms with Crippen LogP contribution in [0.3, 0.4) is 0 Å². The van der Waals surface area contributed by atoms with E-state index < -0.39 is 0 Å². The standard InChI is InChI=1S/C16H14N4O/c1-10-15(6-13(9-18-10)11-2-3-11)20-16(21)12-4-5-14(7-17)19-8-12/h4-6,8-9,11H,2-3H2,1H3,(H,20,21). The number of carbonyl (C=O) groups is 1. The van der Waals surface area contributed by atoms with E-state index >= 15 is 0 Å². The quantitative estimate of drug-likeness (QED) is 0.936. The highest BCUT2D eigenvalue weighted by Gasteiger charge is 2.24. The van der Waals surface area contributed by atoms with Crippen molar-refractivity contribution >= 4 is 11.6 Å². The van der Waals surface area contributed by atoms with E-state index in [0.29, 0.717) is 17.2 Å². The van der Waals surface area contributed by atoms with Crippen molar-refractivity contribution in [2.45, 2.75) is 25.7 Å². The predicted molar refractivity (Wildman–Crippen MR) is 77.9 cm³/mol. The molecule has 0 aliphatic heterocycles. The number of hydrogen-bond acceptors (Lipinski definition) is 4. The average Bonchev–Trinajstić information content (AvgIpc) is 3.34. The molecule has 5 nitrogen and oxygen atoms in total. The molecule has 1 aliphatic carbocycles. The van der Waals surface area contributed by atoms with Crippen molar-refractivity contribution in [3.8, 4) is 6.07 Å². The summed E-state index contributed by atoms with van der Waals surface area (Å²) in [5.41, 5.74) is 3.40. The lowest BCUT2D eigenvalue weighted by Gasteiger charge is -2.09. The Kier molecular flexibility index (Phi) is 3.36. The lowest BCUT2D eigenvalue weighted by atomic mass is 10.1. The Bertz CT molecular complexity index is 727. The smallest absolute Gasteiger partial charge is 0.257 e. The molecular formula is C16H14N4O. The first kappa shape index (κ1) is 13.3. The van der Waals surface area contributed by atoms with Gasteiger partial charge in [-0.3, -0.25) is 9.78 Å². The van der Waals surface area contributed by atoms with E-state index in [0.717, 1.165) is 11.4 Å². The molecule has 1 N–H and O–H groups in total. The van der Waals surface area contributed by atoms with Crippen LogP contribution in [0.15, 0.2) is 30.6 Å². The minimum Gasteiger partial charge on any atom is -0.320 e. The van der Waals surface area contributed by atoms with E-state index in [4.69, 9.17) is 5.26 Å². The van der Waals surface area contributed by atoms with Crippen LogP contribution in [0.5, 0.6) is 0 Å². The molecule has 21 heavy (non-hydrogen) atoms. The third-order valence-electron chi connectivity index (χ3n) is 3.55. The van der Waals surface area contributed by atoms with Crippen LogP contribution in [0.2, 0.25) is 0 Å². The third-order valence-corrected chi connectivity index (χ3v) is 3.55. The van der Waals surface area contributed by atoms with E-state index in [1.54, 1.807) is 6.07 Å². The maximum atomic E-state index is 12.2. The van der Waals surface area contributed by atoms with Crippen molar-refractivity contribution in [3.05, 3.63) is 53.1 Å². The van der Waals surface area contributed by atoms with Crippen LogP contribution < -0.4 is 5.32 Å². The lowest BCUT2D eigenvalue weighted by Crippen LogP contribution is -2.14. The van der Waals surface area contributed by atoms with Crippen LogP contribution in [0.25, 0.3) is 0 Å². The molecule has 0 spiro atoms. The summed E-state index contributed by atoms with van der Waals surface area (Å²) in [6, 6.07) is 7.04. The highest BCUT2D eigenvalue weighted by Crippen LogP contribution is 2.40. The average molecular weight is 278 g/mol. The van der Waals surface area contributed by atoms with E-state index in [-0.39, 0.29) is 5.91 Å². The number of aryl methyl sites for hydroxylation is 1. The minimum absolute atomic E-state index is 0.246. The van der Waals surface area contributed by atoms with Crippen LogP contribution in [0.4, 0.5) is 5.69 Å². The third kappa shape index (κ3) is 2.90. The van der Waals surface area contributed by atoms with Crippen LogP contribution in [-0.2, 0) is 0 Å². The highest BCUT2D eigenvalue weighted by molar-refractivity contribution is 6.04. The van der Waals surface area contributed by atoms with Crippen molar-refractivity contribution in [2.24, 2.45) is 0 Å². The fraction of sp³-hybridized carbons (Fsp3) is 0.250. The Morgan fingerprint density at radius 3 is 2.76 bits per heavy atom. The molecule has 0 bridgehead atoms. The second-order valence-electron chi connectivity index (χ2n) is 5.17. The number of nitrogens with one attached hydrogen (secondary N) is 1. The zero-order valence-electron chi connectivity index (χ0n) is 11.6. The molecular weight excluding hydrogens is 264 g/mol. The molecule has 1 saturated carbocycles. The fourth-order valence-electron chi connectivity index (χ4n) is 2.10. The number of aromatic nitrogens is 2. The Labute approximate surface area is 122 Å². The maximum Gasteiger partial charge on any atom is 0.257 e. The number of nitrogens with zero attached hydrogens (tertiary/aromatic N) is 3. The van der Waals surface area contributed by atoms with Crippen LogP contribution in [0.1, 0.15) is 46.1 Å².